The van der Waals surface area contributed by atoms with E-state index in [0.29, 0.717) is 32.5 Å². The Morgan fingerprint density at radius 3 is 2.32 bits per heavy atom. The molecule has 0 amide bonds. The number of halogens is 4. The molecule has 2 N–H and O–H groups in total. The maximum absolute atomic E-state index is 13.2. The summed E-state index contributed by atoms with van der Waals surface area (Å²) < 4.78 is 39.7. The fraction of sp³-hybridized carbons (Fsp3) is 0.632. The summed E-state index contributed by atoms with van der Waals surface area (Å²) in [6.07, 6.45) is -2.99. The van der Waals surface area contributed by atoms with Crippen LogP contribution in [0.15, 0.2) is 18.2 Å². The minimum absolute atomic E-state index is 0. The monoisotopic (exact) mass is 421 g/mol. The predicted molar refractivity (Wildman–Crippen MR) is 103 cm³/mol. The van der Waals surface area contributed by atoms with Crippen molar-refractivity contribution in [2.75, 3.05) is 45.8 Å². The third-order valence-electron chi connectivity index (χ3n) is 5.46. The van der Waals surface area contributed by atoms with E-state index in [1.807, 2.05) is 4.90 Å². The molecule has 0 saturated carbocycles. The van der Waals surface area contributed by atoms with Gasteiger partial charge in [-0.05, 0) is 55.1 Å². The van der Waals surface area contributed by atoms with Crippen LogP contribution in [0.25, 0.3) is 0 Å². The zero-order chi connectivity index (χ0) is 19.4. The first kappa shape index (κ1) is 22.9. The first-order chi connectivity index (χ1) is 12.8. The van der Waals surface area contributed by atoms with Gasteiger partial charge in [0.25, 0.3) is 0 Å². The van der Waals surface area contributed by atoms with Crippen molar-refractivity contribution in [3.05, 3.63) is 34.9 Å². The number of hydrogen-bond acceptors (Lipinski definition) is 4. The number of likely N-dealkylation sites (tertiary alicyclic amines) is 1. The van der Waals surface area contributed by atoms with Crippen molar-refractivity contribution in [1.29, 1.82) is 0 Å². The lowest BCUT2D eigenvalue weighted by Gasteiger charge is -2.34. The molecule has 9 heteroatoms. The molecule has 0 bridgehead atoms. The highest BCUT2D eigenvalue weighted by atomic mass is 35.5. The second-order valence-electron chi connectivity index (χ2n) is 7.38. The number of piperazine rings is 1. The molecule has 2 fully saturated rings. The second-order valence-corrected chi connectivity index (χ2v) is 7.38. The Balaban J connectivity index is 0.00000280. The Bertz CT molecular complexity index is 658. The van der Waals surface area contributed by atoms with Crippen molar-refractivity contribution in [1.82, 2.24) is 15.1 Å². The van der Waals surface area contributed by atoms with Crippen molar-refractivity contribution in [3.8, 4) is 0 Å². The van der Waals surface area contributed by atoms with Gasteiger partial charge in [0, 0.05) is 32.7 Å². The Labute approximate surface area is 169 Å². The lowest BCUT2D eigenvalue weighted by atomic mass is 9.85. The molecule has 5 nitrogen and oxygen atoms in total. The van der Waals surface area contributed by atoms with Gasteiger partial charge in [-0.2, -0.15) is 13.2 Å². The van der Waals surface area contributed by atoms with Crippen molar-refractivity contribution >= 4 is 18.4 Å². The molecule has 2 heterocycles. The molecule has 0 unspecified atom stereocenters. The van der Waals surface area contributed by atoms with Crippen LogP contribution in [0.1, 0.15) is 35.4 Å². The van der Waals surface area contributed by atoms with E-state index in [4.69, 9.17) is 5.11 Å². The molecule has 158 valence electrons. The van der Waals surface area contributed by atoms with Gasteiger partial charge in [-0.25, -0.2) is 0 Å². The third kappa shape index (κ3) is 6.07. The fourth-order valence-electron chi connectivity index (χ4n) is 4.00. The molecule has 0 aliphatic carbocycles. The van der Waals surface area contributed by atoms with E-state index in [9.17, 15) is 18.0 Å². The number of hydrogen-bond donors (Lipinski definition) is 2. The largest absolute Gasteiger partial charge is 0.480 e. The average molecular weight is 422 g/mol. The van der Waals surface area contributed by atoms with Gasteiger partial charge < -0.3 is 10.4 Å². The van der Waals surface area contributed by atoms with Crippen LogP contribution in [0.3, 0.4) is 0 Å². The number of carbonyl (C=O) groups is 1. The topological polar surface area (TPSA) is 55.8 Å². The van der Waals surface area contributed by atoms with E-state index < -0.39 is 17.7 Å². The fourth-order valence-corrected chi connectivity index (χ4v) is 4.00. The van der Waals surface area contributed by atoms with E-state index >= 15 is 0 Å². The molecule has 1 aromatic carbocycles. The Hall–Kier alpha value is -1.35. The second kappa shape index (κ2) is 9.91. The molecule has 2 saturated heterocycles. The predicted octanol–water partition coefficient (Wildman–Crippen LogP) is 2.80. The van der Waals surface area contributed by atoms with Gasteiger partial charge in [-0.3, -0.25) is 14.6 Å². The summed E-state index contributed by atoms with van der Waals surface area (Å²) in [5, 5.41) is 12.2. The number of aliphatic carboxylic acids is 1. The molecule has 3 rings (SSSR count). The van der Waals surface area contributed by atoms with Gasteiger partial charge in [0.2, 0.25) is 0 Å². The van der Waals surface area contributed by atoms with E-state index in [1.54, 1.807) is 6.07 Å². The first-order valence-electron chi connectivity index (χ1n) is 9.40. The Morgan fingerprint density at radius 1 is 1.11 bits per heavy atom. The standard InChI is InChI=1S/C19H26F3N3O2.ClH/c20-19(21,22)16-2-1-15(12-25-9-5-23-6-10-25)17(11-16)14-3-7-24(8-4-14)13-18(26)27;/h1-2,11,14,23H,3-10,12-13H2,(H,26,27);1H. The van der Waals surface area contributed by atoms with E-state index in [2.05, 4.69) is 10.2 Å². The van der Waals surface area contributed by atoms with E-state index in [0.717, 1.165) is 37.3 Å². The van der Waals surface area contributed by atoms with Crippen molar-refractivity contribution in [2.45, 2.75) is 31.5 Å². The van der Waals surface area contributed by atoms with Crippen LogP contribution in [0.4, 0.5) is 13.2 Å². The quantitative estimate of drug-likeness (QED) is 0.765. The third-order valence-corrected chi connectivity index (χ3v) is 5.46. The number of benzene rings is 1. The molecule has 0 spiro atoms. The van der Waals surface area contributed by atoms with Gasteiger partial charge in [0.1, 0.15) is 0 Å². The van der Waals surface area contributed by atoms with Crippen molar-refractivity contribution in [3.63, 3.8) is 0 Å². The average Bonchev–Trinajstić information content (AvgIpc) is 2.62. The highest BCUT2D eigenvalue weighted by Gasteiger charge is 2.33. The van der Waals surface area contributed by atoms with Crippen LogP contribution in [-0.4, -0.2) is 66.7 Å². The van der Waals surface area contributed by atoms with Crippen LogP contribution in [0, 0.1) is 0 Å². The van der Waals surface area contributed by atoms with Crippen LogP contribution in [0.2, 0.25) is 0 Å². The van der Waals surface area contributed by atoms with Gasteiger partial charge >= 0.3 is 12.1 Å². The van der Waals surface area contributed by atoms with Crippen LogP contribution >= 0.6 is 12.4 Å². The Kier molecular flexibility index (Phi) is 8.12. The highest BCUT2D eigenvalue weighted by Crippen LogP contribution is 2.36. The van der Waals surface area contributed by atoms with Crippen LogP contribution < -0.4 is 5.32 Å². The number of nitrogens with one attached hydrogen (secondary N) is 1. The molecule has 28 heavy (non-hydrogen) atoms. The van der Waals surface area contributed by atoms with Gasteiger partial charge in [-0.15, -0.1) is 12.4 Å². The normalized spacial score (nSPS) is 20.0. The molecule has 0 radical (unpaired) electrons. The number of piperidine rings is 1. The summed E-state index contributed by atoms with van der Waals surface area (Å²) in [7, 11) is 0. The minimum Gasteiger partial charge on any atom is -0.480 e. The first-order valence-corrected chi connectivity index (χ1v) is 9.40. The SMILES string of the molecule is Cl.O=C(O)CN1CCC(c2cc(C(F)(F)F)ccc2CN2CCNCC2)CC1. The lowest BCUT2D eigenvalue weighted by Crippen LogP contribution is -2.43. The number of nitrogens with zero attached hydrogens (tertiary/aromatic N) is 2. The van der Waals surface area contributed by atoms with Crippen LogP contribution in [0.5, 0.6) is 0 Å². The van der Waals surface area contributed by atoms with Gasteiger partial charge in [-0.1, -0.05) is 6.07 Å². The molecule has 0 atom stereocenters. The van der Waals surface area contributed by atoms with Crippen LogP contribution in [-0.2, 0) is 17.5 Å². The Morgan fingerprint density at radius 2 is 1.75 bits per heavy atom. The van der Waals surface area contributed by atoms with Gasteiger partial charge in [0.15, 0.2) is 0 Å². The lowest BCUT2D eigenvalue weighted by molar-refractivity contribution is -0.139. The summed E-state index contributed by atoms with van der Waals surface area (Å²) in [6.45, 7) is 5.40. The molecular formula is C19H27ClF3N3O2. The summed E-state index contributed by atoms with van der Waals surface area (Å²) in [4.78, 5) is 15.0. The zero-order valence-corrected chi connectivity index (χ0v) is 16.5. The van der Waals surface area contributed by atoms with Crippen molar-refractivity contribution < 1.29 is 23.1 Å². The van der Waals surface area contributed by atoms with Crippen molar-refractivity contribution in [2.24, 2.45) is 0 Å². The summed E-state index contributed by atoms with van der Waals surface area (Å²) >= 11 is 0. The molecule has 2 aliphatic heterocycles. The summed E-state index contributed by atoms with van der Waals surface area (Å²) in [5.74, 6) is -0.831. The maximum atomic E-state index is 13.2. The maximum Gasteiger partial charge on any atom is 0.416 e. The van der Waals surface area contributed by atoms with Gasteiger partial charge in [0.05, 0.1) is 12.1 Å². The zero-order valence-electron chi connectivity index (χ0n) is 15.7. The number of alkyl halides is 3. The van der Waals surface area contributed by atoms with E-state index in [1.165, 1.54) is 12.1 Å². The number of rotatable bonds is 5. The molecule has 1 aromatic rings. The highest BCUT2D eigenvalue weighted by molar-refractivity contribution is 5.85. The van der Waals surface area contributed by atoms with E-state index in [-0.39, 0.29) is 24.9 Å². The smallest absolute Gasteiger partial charge is 0.416 e. The minimum atomic E-state index is -4.35. The summed E-state index contributed by atoms with van der Waals surface area (Å²) in [6, 6.07) is 4.12. The molecule has 2 aliphatic rings. The molecule has 0 aromatic heterocycles. The molecular weight excluding hydrogens is 395 g/mol. The summed E-state index contributed by atoms with van der Waals surface area (Å²) in [5.41, 5.74) is 1.13. The number of carboxylic acid groups (broad SMARTS) is 1. The number of carboxylic acids is 1.